The fourth-order valence-electron chi connectivity index (χ4n) is 2.46. The minimum Gasteiger partial charge on any atom is -0.403 e. The molecule has 1 aliphatic rings. The zero-order valence-electron chi connectivity index (χ0n) is 13.0. The van der Waals surface area contributed by atoms with Crippen molar-refractivity contribution < 1.29 is 9.31 Å². The second-order valence-corrected chi connectivity index (χ2v) is 6.74. The highest BCUT2D eigenvalue weighted by Crippen LogP contribution is 2.39. The zero-order valence-corrected chi connectivity index (χ0v) is 13.0. The Balaban J connectivity index is 2.03. The smallest absolute Gasteiger partial charge is 0.403 e. The Kier molecular flexibility index (Phi) is 3.81. The van der Waals surface area contributed by atoms with Crippen molar-refractivity contribution in [1.82, 2.24) is 0 Å². The van der Waals surface area contributed by atoms with Gasteiger partial charge in [-0.25, -0.2) is 0 Å². The second kappa shape index (κ2) is 4.95. The molecule has 1 atom stereocenters. The molecule has 19 heavy (non-hydrogen) atoms. The minimum absolute atomic E-state index is 0.111. The SMILES string of the molecule is Cc1cccc(C(C)CB2OC(C)(C)C(C)(C)O2)c1. The van der Waals surface area contributed by atoms with Crippen LogP contribution < -0.4 is 0 Å². The highest BCUT2D eigenvalue weighted by Gasteiger charge is 2.51. The lowest BCUT2D eigenvalue weighted by Gasteiger charge is -2.32. The molecule has 0 saturated carbocycles. The third-order valence-corrected chi connectivity index (χ3v) is 4.46. The standard InChI is InChI=1S/C16H25BO2/c1-12-8-7-9-14(10-12)13(2)11-17-18-15(3,4)16(5,6)19-17/h7-10,13H,11H2,1-6H3. The Morgan fingerprint density at radius 1 is 1.11 bits per heavy atom. The van der Waals surface area contributed by atoms with Gasteiger partial charge in [-0.3, -0.25) is 0 Å². The average molecular weight is 260 g/mol. The average Bonchev–Trinajstić information content (AvgIpc) is 2.46. The van der Waals surface area contributed by atoms with Crippen molar-refractivity contribution in [2.45, 2.75) is 65.0 Å². The van der Waals surface area contributed by atoms with Crippen LogP contribution in [0.1, 0.15) is 51.7 Å². The lowest BCUT2D eigenvalue weighted by Crippen LogP contribution is -2.41. The maximum atomic E-state index is 6.06. The molecule has 1 heterocycles. The van der Waals surface area contributed by atoms with Crippen LogP contribution >= 0.6 is 0 Å². The van der Waals surface area contributed by atoms with Gasteiger partial charge in [-0.2, -0.15) is 0 Å². The lowest BCUT2D eigenvalue weighted by atomic mass is 9.75. The van der Waals surface area contributed by atoms with Gasteiger partial charge in [0.25, 0.3) is 0 Å². The molecule has 2 nitrogen and oxygen atoms in total. The molecular weight excluding hydrogens is 235 g/mol. The van der Waals surface area contributed by atoms with E-state index in [2.05, 4.69) is 65.8 Å². The van der Waals surface area contributed by atoms with Gasteiger partial charge in [-0.1, -0.05) is 36.8 Å². The summed E-state index contributed by atoms with van der Waals surface area (Å²) in [6.45, 7) is 12.8. The molecule has 104 valence electrons. The molecule has 1 unspecified atom stereocenters. The van der Waals surface area contributed by atoms with Crippen LogP contribution in [0.2, 0.25) is 6.32 Å². The third-order valence-electron chi connectivity index (χ3n) is 4.46. The first-order chi connectivity index (χ1) is 8.71. The van der Waals surface area contributed by atoms with Gasteiger partial charge in [0.2, 0.25) is 0 Å². The van der Waals surface area contributed by atoms with Crippen LogP contribution in [0.3, 0.4) is 0 Å². The fraction of sp³-hybridized carbons (Fsp3) is 0.625. The van der Waals surface area contributed by atoms with E-state index in [1.54, 1.807) is 0 Å². The van der Waals surface area contributed by atoms with Crippen LogP contribution in [-0.2, 0) is 9.31 Å². The first-order valence-electron chi connectivity index (χ1n) is 7.13. The van der Waals surface area contributed by atoms with Crippen molar-refractivity contribution in [3.8, 4) is 0 Å². The molecule has 0 aliphatic carbocycles. The molecule has 0 aromatic heterocycles. The van der Waals surface area contributed by atoms with Crippen LogP contribution in [0.5, 0.6) is 0 Å². The van der Waals surface area contributed by atoms with Crippen LogP contribution in [0, 0.1) is 6.92 Å². The monoisotopic (exact) mass is 260 g/mol. The molecule has 1 fully saturated rings. The molecule has 1 aromatic rings. The molecule has 0 bridgehead atoms. The van der Waals surface area contributed by atoms with Gasteiger partial charge in [0, 0.05) is 0 Å². The summed E-state index contributed by atoms with van der Waals surface area (Å²) >= 11 is 0. The van der Waals surface area contributed by atoms with E-state index in [0.717, 1.165) is 6.32 Å². The summed E-state index contributed by atoms with van der Waals surface area (Å²) in [7, 11) is -0.111. The van der Waals surface area contributed by atoms with Gasteiger partial charge in [-0.15, -0.1) is 0 Å². The van der Waals surface area contributed by atoms with Crippen molar-refractivity contribution in [3.05, 3.63) is 35.4 Å². The van der Waals surface area contributed by atoms with Gasteiger partial charge in [0.1, 0.15) is 0 Å². The van der Waals surface area contributed by atoms with E-state index in [-0.39, 0.29) is 18.3 Å². The van der Waals surface area contributed by atoms with E-state index in [4.69, 9.17) is 9.31 Å². The summed E-state index contributed by atoms with van der Waals surface area (Å²) in [5.74, 6) is 0.439. The van der Waals surface area contributed by atoms with Crippen LogP contribution in [-0.4, -0.2) is 18.3 Å². The molecule has 2 rings (SSSR count). The van der Waals surface area contributed by atoms with Gasteiger partial charge < -0.3 is 9.31 Å². The van der Waals surface area contributed by atoms with Crippen molar-refractivity contribution >= 4 is 7.12 Å². The molecule has 0 amide bonds. The molecule has 3 heteroatoms. The highest BCUT2D eigenvalue weighted by molar-refractivity contribution is 6.45. The quantitative estimate of drug-likeness (QED) is 0.758. The summed E-state index contributed by atoms with van der Waals surface area (Å²) in [5, 5.41) is 0. The second-order valence-electron chi connectivity index (χ2n) is 6.74. The summed E-state index contributed by atoms with van der Waals surface area (Å²) in [6.07, 6.45) is 0.899. The Morgan fingerprint density at radius 2 is 1.68 bits per heavy atom. The van der Waals surface area contributed by atoms with Crippen molar-refractivity contribution in [2.75, 3.05) is 0 Å². The first-order valence-corrected chi connectivity index (χ1v) is 7.13. The molecule has 0 spiro atoms. The number of rotatable bonds is 3. The summed E-state index contributed by atoms with van der Waals surface area (Å²) in [6, 6.07) is 8.68. The van der Waals surface area contributed by atoms with E-state index in [0.29, 0.717) is 5.92 Å². The Bertz CT molecular complexity index is 438. The van der Waals surface area contributed by atoms with Gasteiger partial charge >= 0.3 is 7.12 Å². The van der Waals surface area contributed by atoms with E-state index in [1.807, 2.05) is 0 Å². The van der Waals surface area contributed by atoms with Crippen molar-refractivity contribution in [2.24, 2.45) is 0 Å². The molecule has 0 radical (unpaired) electrons. The van der Waals surface area contributed by atoms with E-state index < -0.39 is 0 Å². The highest BCUT2D eigenvalue weighted by atomic mass is 16.7. The number of hydrogen-bond acceptors (Lipinski definition) is 2. The van der Waals surface area contributed by atoms with Crippen molar-refractivity contribution in [3.63, 3.8) is 0 Å². The molecule has 1 aromatic carbocycles. The minimum atomic E-state index is -0.232. The van der Waals surface area contributed by atoms with E-state index >= 15 is 0 Å². The summed E-state index contributed by atoms with van der Waals surface area (Å²) < 4.78 is 12.1. The molecular formula is C16H25BO2. The maximum absolute atomic E-state index is 6.06. The van der Waals surface area contributed by atoms with Crippen LogP contribution in [0.15, 0.2) is 24.3 Å². The number of aryl methyl sites for hydroxylation is 1. The van der Waals surface area contributed by atoms with Gasteiger partial charge in [-0.05, 0) is 52.4 Å². The third kappa shape index (κ3) is 3.03. The summed E-state index contributed by atoms with van der Waals surface area (Å²) in [5.41, 5.74) is 2.20. The Hall–Kier alpha value is -0.795. The zero-order chi connectivity index (χ0) is 14.3. The fourth-order valence-corrected chi connectivity index (χ4v) is 2.46. The van der Waals surface area contributed by atoms with E-state index in [9.17, 15) is 0 Å². The molecule has 1 saturated heterocycles. The molecule has 0 N–H and O–H groups in total. The Labute approximate surface area is 117 Å². The topological polar surface area (TPSA) is 18.5 Å². The van der Waals surface area contributed by atoms with Crippen LogP contribution in [0.25, 0.3) is 0 Å². The normalized spacial score (nSPS) is 22.5. The number of hydrogen-bond donors (Lipinski definition) is 0. The predicted molar refractivity (Wildman–Crippen MR) is 80.5 cm³/mol. The van der Waals surface area contributed by atoms with Crippen LogP contribution in [0.4, 0.5) is 0 Å². The first kappa shape index (κ1) is 14.6. The predicted octanol–water partition coefficient (Wildman–Crippen LogP) is 4.19. The van der Waals surface area contributed by atoms with Gasteiger partial charge in [0.05, 0.1) is 11.2 Å². The summed E-state index contributed by atoms with van der Waals surface area (Å²) in [4.78, 5) is 0. The molecule has 1 aliphatic heterocycles. The number of benzene rings is 1. The Morgan fingerprint density at radius 3 is 2.21 bits per heavy atom. The maximum Gasteiger partial charge on any atom is 0.458 e. The van der Waals surface area contributed by atoms with Crippen molar-refractivity contribution in [1.29, 1.82) is 0 Å². The van der Waals surface area contributed by atoms with E-state index in [1.165, 1.54) is 11.1 Å². The van der Waals surface area contributed by atoms with Gasteiger partial charge in [0.15, 0.2) is 0 Å². The lowest BCUT2D eigenvalue weighted by molar-refractivity contribution is 0.00578. The largest absolute Gasteiger partial charge is 0.458 e.